The van der Waals surface area contributed by atoms with Gasteiger partial charge in [-0.05, 0) is 11.8 Å². The van der Waals surface area contributed by atoms with Gasteiger partial charge in [-0.25, -0.2) is 0 Å². The van der Waals surface area contributed by atoms with Crippen molar-refractivity contribution in [3.8, 4) is 0 Å². The smallest absolute Gasteiger partial charge is 0.314 e. The summed E-state index contributed by atoms with van der Waals surface area (Å²) in [6.07, 6.45) is 1.19. The molecule has 0 saturated carbocycles. The minimum atomic E-state index is -0.171. The van der Waals surface area contributed by atoms with Crippen molar-refractivity contribution >= 4 is 5.97 Å². The van der Waals surface area contributed by atoms with Gasteiger partial charge in [-0.1, -0.05) is 34.3 Å². The van der Waals surface area contributed by atoms with Crippen molar-refractivity contribution in [3.05, 3.63) is 12.8 Å². The molecule has 2 nitrogen and oxygen atoms in total. The first-order chi connectivity index (χ1) is 5.50. The van der Waals surface area contributed by atoms with Crippen LogP contribution in [0, 0.1) is 17.8 Å². The van der Waals surface area contributed by atoms with Crippen molar-refractivity contribution in [1.82, 2.24) is 0 Å². The minimum absolute atomic E-state index is 0.0250. The zero-order chi connectivity index (χ0) is 9.72. The molecule has 0 fully saturated rings. The fraction of sp³-hybridized carbons (Fsp3) is 0.700. The lowest BCUT2D eigenvalue weighted by atomic mass is 9.86. The lowest BCUT2D eigenvalue weighted by molar-refractivity contribution is -0.146. The van der Waals surface area contributed by atoms with E-state index >= 15 is 0 Å². The monoisotopic (exact) mass is 170 g/mol. The molecule has 0 aliphatic rings. The van der Waals surface area contributed by atoms with E-state index in [0.717, 1.165) is 0 Å². The molecule has 0 bridgehead atoms. The van der Waals surface area contributed by atoms with Crippen LogP contribution in [0.25, 0.3) is 0 Å². The molecular formula is C10H18O2. The summed E-state index contributed by atoms with van der Waals surface area (Å²) in [6, 6.07) is 0. The Hall–Kier alpha value is -0.790. The Kier molecular flexibility index (Phi) is 4.64. The molecule has 0 aromatic heterocycles. The summed E-state index contributed by atoms with van der Waals surface area (Å²) in [5, 5.41) is 0. The maximum Gasteiger partial charge on any atom is 0.314 e. The quantitative estimate of drug-likeness (QED) is 0.479. The number of carbonyl (C=O) groups excluding carboxylic acids is 1. The van der Waals surface area contributed by atoms with E-state index in [4.69, 9.17) is 4.74 Å². The lowest BCUT2D eigenvalue weighted by Crippen LogP contribution is -2.26. The highest BCUT2D eigenvalue weighted by atomic mass is 16.5. The van der Waals surface area contributed by atoms with Crippen molar-refractivity contribution in [1.29, 1.82) is 0 Å². The van der Waals surface area contributed by atoms with E-state index in [9.17, 15) is 4.79 Å². The number of hydrogen-bond donors (Lipinski definition) is 0. The molecule has 70 valence electrons. The molecule has 0 aliphatic heterocycles. The van der Waals surface area contributed by atoms with E-state index in [2.05, 4.69) is 6.58 Å². The summed E-state index contributed by atoms with van der Waals surface area (Å²) in [5.41, 5.74) is 0. The highest BCUT2D eigenvalue weighted by Crippen LogP contribution is 2.21. The van der Waals surface area contributed by atoms with Gasteiger partial charge in [0.15, 0.2) is 0 Å². The second kappa shape index (κ2) is 4.96. The molecule has 12 heavy (non-hydrogen) atoms. The fourth-order valence-corrected chi connectivity index (χ4v) is 1.47. The van der Waals surface area contributed by atoms with E-state index in [1.165, 1.54) is 6.26 Å². The van der Waals surface area contributed by atoms with Crippen LogP contribution in [-0.4, -0.2) is 5.97 Å². The predicted molar refractivity (Wildman–Crippen MR) is 49.5 cm³/mol. The van der Waals surface area contributed by atoms with Gasteiger partial charge in [-0.15, -0.1) is 0 Å². The largest absolute Gasteiger partial charge is 0.435 e. The first-order valence-corrected chi connectivity index (χ1v) is 4.32. The van der Waals surface area contributed by atoms with E-state index in [-0.39, 0.29) is 11.9 Å². The average molecular weight is 170 g/mol. The van der Waals surface area contributed by atoms with Crippen LogP contribution < -0.4 is 0 Å². The normalized spacial score (nSPS) is 10.9. The molecule has 0 aromatic rings. The van der Waals surface area contributed by atoms with Crippen molar-refractivity contribution < 1.29 is 9.53 Å². The molecular weight excluding hydrogens is 152 g/mol. The van der Waals surface area contributed by atoms with E-state index < -0.39 is 0 Å². The molecule has 0 aromatic carbocycles. The average Bonchev–Trinajstić information content (AvgIpc) is 1.85. The Morgan fingerprint density at radius 3 is 1.92 bits per heavy atom. The summed E-state index contributed by atoms with van der Waals surface area (Å²) in [4.78, 5) is 11.3. The molecule has 0 saturated heterocycles. The van der Waals surface area contributed by atoms with Gasteiger partial charge in [0.1, 0.15) is 0 Å². The first-order valence-electron chi connectivity index (χ1n) is 4.32. The first kappa shape index (κ1) is 11.2. The Balaban J connectivity index is 4.29. The molecule has 0 amide bonds. The SMILES string of the molecule is C=COC(=O)C(C(C)C)C(C)C. The minimum Gasteiger partial charge on any atom is -0.435 e. The van der Waals surface area contributed by atoms with Gasteiger partial charge in [0, 0.05) is 0 Å². The van der Waals surface area contributed by atoms with E-state index in [0.29, 0.717) is 11.8 Å². The zero-order valence-electron chi connectivity index (χ0n) is 8.33. The number of carbonyl (C=O) groups is 1. The molecule has 0 heterocycles. The van der Waals surface area contributed by atoms with Gasteiger partial charge in [0.25, 0.3) is 0 Å². The summed E-state index contributed by atoms with van der Waals surface area (Å²) >= 11 is 0. The summed E-state index contributed by atoms with van der Waals surface area (Å²) < 4.78 is 4.75. The van der Waals surface area contributed by atoms with Crippen molar-refractivity contribution in [2.24, 2.45) is 17.8 Å². The second-order valence-corrected chi connectivity index (χ2v) is 3.62. The number of ether oxygens (including phenoxy) is 1. The van der Waals surface area contributed by atoms with Crippen LogP contribution in [0.2, 0.25) is 0 Å². The van der Waals surface area contributed by atoms with Gasteiger partial charge in [0.05, 0.1) is 12.2 Å². The van der Waals surface area contributed by atoms with Gasteiger partial charge < -0.3 is 4.74 Å². The summed E-state index contributed by atoms with van der Waals surface area (Å²) in [7, 11) is 0. The summed E-state index contributed by atoms with van der Waals surface area (Å²) in [5.74, 6) is 0.438. The van der Waals surface area contributed by atoms with Gasteiger partial charge in [-0.2, -0.15) is 0 Å². The third-order valence-corrected chi connectivity index (χ3v) is 1.91. The van der Waals surface area contributed by atoms with Crippen LogP contribution >= 0.6 is 0 Å². The molecule has 2 heteroatoms. The third kappa shape index (κ3) is 3.07. The van der Waals surface area contributed by atoms with E-state index in [1.807, 2.05) is 27.7 Å². The third-order valence-electron chi connectivity index (χ3n) is 1.91. The standard InChI is InChI=1S/C10H18O2/c1-6-12-10(11)9(7(2)3)8(4)5/h6-9H,1H2,2-5H3. The van der Waals surface area contributed by atoms with Gasteiger partial charge >= 0.3 is 5.97 Å². The van der Waals surface area contributed by atoms with Crippen LogP contribution in [-0.2, 0) is 9.53 Å². The molecule has 0 rings (SSSR count). The van der Waals surface area contributed by atoms with Crippen LogP contribution in [0.3, 0.4) is 0 Å². The van der Waals surface area contributed by atoms with Crippen LogP contribution in [0.5, 0.6) is 0 Å². The maximum absolute atomic E-state index is 11.3. The Bertz CT molecular complexity index is 151. The van der Waals surface area contributed by atoms with E-state index in [1.54, 1.807) is 0 Å². The molecule has 0 spiro atoms. The highest BCUT2D eigenvalue weighted by Gasteiger charge is 2.26. The molecule has 0 atom stereocenters. The lowest BCUT2D eigenvalue weighted by Gasteiger charge is -2.21. The molecule has 0 N–H and O–H groups in total. The van der Waals surface area contributed by atoms with Crippen LogP contribution in [0.15, 0.2) is 12.8 Å². The predicted octanol–water partition coefficient (Wildman–Crippen LogP) is 2.60. The Morgan fingerprint density at radius 1 is 1.25 bits per heavy atom. The Labute approximate surface area is 74.6 Å². The van der Waals surface area contributed by atoms with Crippen molar-refractivity contribution in [2.75, 3.05) is 0 Å². The van der Waals surface area contributed by atoms with Crippen LogP contribution in [0.1, 0.15) is 27.7 Å². The maximum atomic E-state index is 11.3. The number of rotatable bonds is 4. The fourth-order valence-electron chi connectivity index (χ4n) is 1.47. The molecule has 0 aliphatic carbocycles. The highest BCUT2D eigenvalue weighted by molar-refractivity contribution is 5.73. The number of hydrogen-bond acceptors (Lipinski definition) is 2. The summed E-state index contributed by atoms with van der Waals surface area (Å²) in [6.45, 7) is 11.4. The second-order valence-electron chi connectivity index (χ2n) is 3.62. The topological polar surface area (TPSA) is 26.3 Å². The number of esters is 1. The molecule has 0 unspecified atom stereocenters. The molecule has 0 radical (unpaired) electrons. The van der Waals surface area contributed by atoms with Crippen molar-refractivity contribution in [3.63, 3.8) is 0 Å². The Morgan fingerprint density at radius 2 is 1.67 bits per heavy atom. The zero-order valence-corrected chi connectivity index (χ0v) is 8.33. The van der Waals surface area contributed by atoms with Gasteiger partial charge in [-0.3, -0.25) is 4.79 Å². The van der Waals surface area contributed by atoms with Crippen molar-refractivity contribution in [2.45, 2.75) is 27.7 Å². The van der Waals surface area contributed by atoms with Gasteiger partial charge in [0.2, 0.25) is 0 Å². The van der Waals surface area contributed by atoms with Crippen LogP contribution in [0.4, 0.5) is 0 Å².